The summed E-state index contributed by atoms with van der Waals surface area (Å²) in [6.45, 7) is 3.46. The second-order valence-corrected chi connectivity index (χ2v) is 9.26. The van der Waals surface area contributed by atoms with Gasteiger partial charge in [0.2, 0.25) is 0 Å². The van der Waals surface area contributed by atoms with E-state index in [0.717, 1.165) is 37.9 Å². The highest BCUT2D eigenvalue weighted by Gasteiger charge is 2.46. The van der Waals surface area contributed by atoms with Crippen LogP contribution in [-0.2, 0) is 6.42 Å². The quantitative estimate of drug-likeness (QED) is 0.606. The van der Waals surface area contributed by atoms with Gasteiger partial charge in [-0.05, 0) is 67.0 Å². The zero-order valence-corrected chi connectivity index (χ0v) is 18.8. The number of piperidine rings is 1. The second-order valence-electron chi connectivity index (χ2n) is 8.85. The van der Waals surface area contributed by atoms with Crippen LogP contribution in [0.5, 0.6) is 0 Å². The van der Waals surface area contributed by atoms with Gasteiger partial charge in [-0.1, -0.05) is 35.7 Å². The monoisotopic (exact) mass is 444 g/mol. The molecule has 0 radical (unpaired) electrons. The van der Waals surface area contributed by atoms with Crippen LogP contribution in [0.1, 0.15) is 41.4 Å². The number of hydrogen-bond donors (Lipinski definition) is 1. The predicted octanol–water partition coefficient (Wildman–Crippen LogP) is 4.02. The topological polar surface area (TPSA) is 64.2 Å². The van der Waals surface area contributed by atoms with Gasteiger partial charge in [0.05, 0.1) is 10.7 Å². The number of aromatic nitrogens is 2. The van der Waals surface area contributed by atoms with Crippen LogP contribution in [0.15, 0.2) is 53.3 Å². The van der Waals surface area contributed by atoms with Crippen molar-refractivity contribution in [3.05, 3.63) is 86.4 Å². The number of nitrogens with two attached hydrogens (primary N) is 1. The third-order valence-corrected chi connectivity index (χ3v) is 7.42. The van der Waals surface area contributed by atoms with E-state index in [1.807, 2.05) is 31.2 Å². The van der Waals surface area contributed by atoms with Crippen molar-refractivity contribution in [2.45, 2.75) is 32.2 Å². The fourth-order valence-corrected chi connectivity index (χ4v) is 5.51. The maximum Gasteiger partial charge on any atom is 0.260 e. The lowest BCUT2D eigenvalue weighted by Crippen LogP contribution is -2.45. The molecule has 0 unspecified atom stereocenters. The van der Waals surface area contributed by atoms with E-state index in [9.17, 15) is 4.79 Å². The van der Waals surface area contributed by atoms with Crippen LogP contribution in [0.3, 0.4) is 0 Å². The first-order valence-corrected chi connectivity index (χ1v) is 11.3. The van der Waals surface area contributed by atoms with Crippen molar-refractivity contribution in [2.24, 2.45) is 11.1 Å². The molecule has 32 heavy (non-hydrogen) atoms. The maximum absolute atomic E-state index is 13.0. The number of nitrogens with zero attached hydrogens (tertiary/aromatic N) is 3. The fraction of sp³-hybridized carbons (Fsp3) is 0.308. The summed E-state index contributed by atoms with van der Waals surface area (Å²) in [5, 5.41) is 0.523. The minimum atomic E-state index is -0.132. The standard InChI is InChI=1S/C26H25ClN4O/c1-3-18-8-9-19-16-26(25(28)20(19)14-18)10-12-30(13-11-26)23-15-24(32)31(17(2)29-23)22-7-5-4-6-21(22)27/h1,4-9,14-15,25H,10-13,16,28H2,2H3/t25-/m1/s1. The summed E-state index contributed by atoms with van der Waals surface area (Å²) >= 11 is 6.31. The number of rotatable bonds is 2. The second kappa shape index (κ2) is 7.81. The number of anilines is 1. The van der Waals surface area contributed by atoms with Crippen LogP contribution in [0, 0.1) is 24.7 Å². The SMILES string of the molecule is C#Cc1ccc2c(c1)[C@@H](N)C1(CCN(c3cc(=O)n(-c4ccccc4Cl)c(C)n3)CC1)C2. The van der Waals surface area contributed by atoms with Gasteiger partial charge in [-0.3, -0.25) is 9.36 Å². The Balaban J connectivity index is 1.38. The van der Waals surface area contributed by atoms with Gasteiger partial charge in [0.1, 0.15) is 11.6 Å². The van der Waals surface area contributed by atoms with Crippen molar-refractivity contribution in [1.82, 2.24) is 9.55 Å². The first-order valence-electron chi connectivity index (χ1n) is 10.9. The van der Waals surface area contributed by atoms with Crippen molar-refractivity contribution >= 4 is 17.4 Å². The van der Waals surface area contributed by atoms with Gasteiger partial charge in [0.15, 0.2) is 0 Å². The molecule has 162 valence electrons. The molecule has 2 N–H and O–H groups in total. The minimum absolute atomic E-state index is 0.0177. The van der Waals surface area contributed by atoms with E-state index >= 15 is 0 Å². The van der Waals surface area contributed by atoms with Gasteiger partial charge < -0.3 is 10.6 Å². The number of hydrogen-bond acceptors (Lipinski definition) is 4. The molecule has 3 aromatic rings. The summed E-state index contributed by atoms with van der Waals surface area (Å²) in [6, 6.07) is 15.1. The Kier molecular flexibility index (Phi) is 5.08. The summed E-state index contributed by atoms with van der Waals surface area (Å²) in [4.78, 5) is 19.9. The zero-order valence-electron chi connectivity index (χ0n) is 18.0. The number of aryl methyl sites for hydroxylation is 1. The summed E-state index contributed by atoms with van der Waals surface area (Å²) in [5.41, 5.74) is 10.7. The number of terminal acetylenes is 1. The molecule has 0 saturated carbocycles. The van der Waals surface area contributed by atoms with Crippen LogP contribution in [0.25, 0.3) is 5.69 Å². The molecule has 5 nitrogen and oxygen atoms in total. The van der Waals surface area contributed by atoms with Crippen LogP contribution in [0.2, 0.25) is 5.02 Å². The number of halogens is 1. The van der Waals surface area contributed by atoms with Crippen LogP contribution >= 0.6 is 11.6 Å². The Morgan fingerprint density at radius 2 is 1.94 bits per heavy atom. The molecule has 1 saturated heterocycles. The van der Waals surface area contributed by atoms with Gasteiger partial charge in [0, 0.05) is 30.8 Å². The Labute approximate surface area is 192 Å². The average Bonchev–Trinajstić information content (AvgIpc) is 3.05. The van der Waals surface area contributed by atoms with Crippen molar-refractivity contribution in [1.29, 1.82) is 0 Å². The molecule has 5 rings (SSSR count). The molecule has 1 aromatic heterocycles. The third-order valence-electron chi connectivity index (χ3n) is 7.10. The lowest BCUT2D eigenvalue weighted by atomic mass is 9.73. The first kappa shape index (κ1) is 20.8. The van der Waals surface area contributed by atoms with E-state index in [4.69, 9.17) is 28.7 Å². The van der Waals surface area contributed by atoms with E-state index in [-0.39, 0.29) is 17.0 Å². The molecule has 1 spiro atoms. The lowest BCUT2D eigenvalue weighted by Gasteiger charge is -2.42. The highest BCUT2D eigenvalue weighted by molar-refractivity contribution is 6.32. The molecule has 1 aliphatic carbocycles. The van der Waals surface area contributed by atoms with E-state index in [1.165, 1.54) is 11.1 Å². The van der Waals surface area contributed by atoms with E-state index < -0.39 is 0 Å². The minimum Gasteiger partial charge on any atom is -0.356 e. The molecule has 0 bridgehead atoms. The smallest absolute Gasteiger partial charge is 0.260 e. The molecular weight excluding hydrogens is 420 g/mol. The Bertz CT molecular complexity index is 1300. The fourth-order valence-electron chi connectivity index (χ4n) is 5.29. The van der Waals surface area contributed by atoms with E-state index in [2.05, 4.69) is 23.0 Å². The first-order chi connectivity index (χ1) is 15.4. The summed E-state index contributed by atoms with van der Waals surface area (Å²) < 4.78 is 1.56. The summed E-state index contributed by atoms with van der Waals surface area (Å²) in [6.07, 6.45) is 8.45. The molecule has 0 amide bonds. The van der Waals surface area contributed by atoms with Crippen molar-refractivity contribution in [3.63, 3.8) is 0 Å². The molecule has 6 heteroatoms. The molecule has 2 aromatic carbocycles. The van der Waals surface area contributed by atoms with Gasteiger partial charge in [-0.25, -0.2) is 4.98 Å². The van der Waals surface area contributed by atoms with E-state index in [0.29, 0.717) is 22.4 Å². The van der Waals surface area contributed by atoms with Crippen LogP contribution in [-0.4, -0.2) is 22.6 Å². The van der Waals surface area contributed by atoms with E-state index in [1.54, 1.807) is 16.7 Å². The van der Waals surface area contributed by atoms with Crippen molar-refractivity contribution in [3.8, 4) is 18.0 Å². The van der Waals surface area contributed by atoms with Gasteiger partial charge in [-0.2, -0.15) is 0 Å². The number of fused-ring (bicyclic) bond motifs is 1. The number of benzene rings is 2. The van der Waals surface area contributed by atoms with Gasteiger partial charge in [-0.15, -0.1) is 6.42 Å². The summed E-state index contributed by atoms with van der Waals surface area (Å²) in [5.74, 6) is 4.05. The normalized spacial score (nSPS) is 19.1. The molecule has 1 aliphatic heterocycles. The maximum atomic E-state index is 13.0. The van der Waals surface area contributed by atoms with Crippen molar-refractivity contribution in [2.75, 3.05) is 18.0 Å². The highest BCUT2D eigenvalue weighted by atomic mass is 35.5. The number of para-hydroxylation sites is 1. The largest absolute Gasteiger partial charge is 0.356 e. The Morgan fingerprint density at radius 1 is 1.19 bits per heavy atom. The summed E-state index contributed by atoms with van der Waals surface area (Å²) in [7, 11) is 0. The lowest BCUT2D eigenvalue weighted by molar-refractivity contribution is 0.187. The zero-order chi connectivity index (χ0) is 22.5. The Morgan fingerprint density at radius 3 is 2.62 bits per heavy atom. The highest BCUT2D eigenvalue weighted by Crippen LogP contribution is 2.51. The molecular formula is C26H25ClN4O. The van der Waals surface area contributed by atoms with Gasteiger partial charge in [0.25, 0.3) is 5.56 Å². The Hall–Kier alpha value is -3.07. The van der Waals surface area contributed by atoms with Crippen LogP contribution < -0.4 is 16.2 Å². The molecule has 2 heterocycles. The predicted molar refractivity (Wildman–Crippen MR) is 128 cm³/mol. The van der Waals surface area contributed by atoms with Gasteiger partial charge >= 0.3 is 0 Å². The molecule has 1 atom stereocenters. The van der Waals surface area contributed by atoms with Crippen LogP contribution in [0.4, 0.5) is 5.82 Å². The average molecular weight is 445 g/mol. The van der Waals surface area contributed by atoms with Crippen molar-refractivity contribution < 1.29 is 0 Å². The molecule has 2 aliphatic rings. The molecule has 1 fully saturated rings. The third kappa shape index (κ3) is 3.31.